The lowest BCUT2D eigenvalue weighted by Gasteiger charge is -2.42. The first kappa shape index (κ1) is 27.5. The zero-order valence-corrected chi connectivity index (χ0v) is 23.4. The molecule has 3 aromatic heterocycles. The fourth-order valence-electron chi connectivity index (χ4n) is 6.60. The standard InChI is InChI=1S/C31H32N4O7/c1-33-25-10-20(41-2)7-6-18(25)9-23(31(33)40)22(12-27(32)37)30-29(39)26(36)11-21(42-30)16-34-13-17-8-19(15-34)24-4-3-5-28(38)35(24)14-17/h3-7,9-11,17,19,22,39H,8,12-16H2,1-2H3,(H2,32,37). The van der Waals surface area contributed by atoms with Crippen molar-refractivity contribution in [1.82, 2.24) is 14.0 Å². The predicted molar refractivity (Wildman–Crippen MR) is 155 cm³/mol. The number of rotatable bonds is 7. The summed E-state index contributed by atoms with van der Waals surface area (Å²) in [7, 11) is 3.13. The van der Waals surface area contributed by atoms with Crippen molar-refractivity contribution in [3.63, 3.8) is 0 Å². The highest BCUT2D eigenvalue weighted by Crippen LogP contribution is 2.37. The maximum absolute atomic E-state index is 13.5. The van der Waals surface area contributed by atoms with E-state index in [0.717, 1.165) is 12.1 Å². The second kappa shape index (κ2) is 10.6. The van der Waals surface area contributed by atoms with E-state index in [1.807, 2.05) is 10.6 Å². The van der Waals surface area contributed by atoms with Crippen molar-refractivity contribution in [1.29, 1.82) is 0 Å². The van der Waals surface area contributed by atoms with Gasteiger partial charge in [0.05, 0.1) is 25.1 Å². The summed E-state index contributed by atoms with van der Waals surface area (Å²) in [4.78, 5) is 53.3. The smallest absolute Gasteiger partial charge is 0.254 e. The van der Waals surface area contributed by atoms with E-state index in [1.54, 1.807) is 43.4 Å². The largest absolute Gasteiger partial charge is 0.502 e. The van der Waals surface area contributed by atoms with Crippen molar-refractivity contribution in [3.05, 3.63) is 102 Å². The van der Waals surface area contributed by atoms with Crippen LogP contribution in [-0.2, 0) is 24.9 Å². The SMILES string of the molecule is COc1ccc2cc(C(CC(N)=O)c3oc(CN4CC5CC(C4)c4cccc(=O)n4C5)cc(=O)c3O)c(=O)n(C)c2c1. The number of primary amides is 1. The molecule has 5 heterocycles. The number of aromatic hydroxyl groups is 1. The number of nitrogens with zero attached hydrogens (tertiary/aromatic N) is 3. The molecule has 6 rings (SSSR count). The summed E-state index contributed by atoms with van der Waals surface area (Å²) in [6.07, 6.45) is 0.624. The van der Waals surface area contributed by atoms with Crippen LogP contribution in [0.3, 0.4) is 0 Å². The number of pyridine rings is 2. The van der Waals surface area contributed by atoms with Gasteiger partial charge in [0.1, 0.15) is 11.5 Å². The van der Waals surface area contributed by atoms with Gasteiger partial charge in [-0.05, 0) is 42.0 Å². The van der Waals surface area contributed by atoms with Crippen molar-refractivity contribution in [3.8, 4) is 11.5 Å². The third-order valence-corrected chi connectivity index (χ3v) is 8.49. The maximum Gasteiger partial charge on any atom is 0.254 e. The fourth-order valence-corrected chi connectivity index (χ4v) is 6.60. The van der Waals surface area contributed by atoms with E-state index in [9.17, 15) is 24.3 Å². The second-order valence-electron chi connectivity index (χ2n) is 11.3. The fraction of sp³-hybridized carbons (Fsp3) is 0.355. The van der Waals surface area contributed by atoms with Crippen molar-refractivity contribution >= 4 is 16.8 Å². The minimum atomic E-state index is -1.08. The van der Waals surface area contributed by atoms with Crippen LogP contribution < -0.4 is 27.0 Å². The molecular formula is C31H32N4O7. The Bertz CT molecular complexity index is 1890. The van der Waals surface area contributed by atoms with E-state index in [2.05, 4.69) is 4.90 Å². The molecule has 1 amide bonds. The minimum Gasteiger partial charge on any atom is -0.502 e. The van der Waals surface area contributed by atoms with Gasteiger partial charge in [0.15, 0.2) is 5.76 Å². The number of ether oxygens (including phenoxy) is 1. The zero-order valence-electron chi connectivity index (χ0n) is 23.4. The number of carbonyl (C=O) groups excluding carboxylic acids is 1. The molecule has 11 heteroatoms. The van der Waals surface area contributed by atoms with Gasteiger partial charge in [0, 0.05) is 68.5 Å². The van der Waals surface area contributed by atoms with E-state index in [0.29, 0.717) is 42.0 Å². The van der Waals surface area contributed by atoms with E-state index >= 15 is 0 Å². The van der Waals surface area contributed by atoms with Crippen molar-refractivity contribution in [2.45, 2.75) is 37.8 Å². The minimum absolute atomic E-state index is 0.00397. The van der Waals surface area contributed by atoms with Crippen LogP contribution in [0.4, 0.5) is 0 Å². The van der Waals surface area contributed by atoms with Gasteiger partial charge in [-0.3, -0.25) is 24.1 Å². The van der Waals surface area contributed by atoms with E-state index in [-0.39, 0.29) is 41.7 Å². The highest BCUT2D eigenvalue weighted by atomic mass is 16.5. The highest BCUT2D eigenvalue weighted by Gasteiger charge is 2.35. The van der Waals surface area contributed by atoms with E-state index in [4.69, 9.17) is 14.9 Å². The Balaban J connectivity index is 1.37. The molecular weight excluding hydrogens is 540 g/mol. The molecule has 3 unspecified atom stereocenters. The average Bonchev–Trinajstić information content (AvgIpc) is 2.96. The number of piperidine rings is 1. The lowest BCUT2D eigenvalue weighted by atomic mass is 9.83. The van der Waals surface area contributed by atoms with Gasteiger partial charge < -0.3 is 29.1 Å². The molecule has 11 nitrogen and oxygen atoms in total. The number of hydrogen-bond donors (Lipinski definition) is 2. The van der Waals surface area contributed by atoms with Crippen molar-refractivity contribution < 1.29 is 19.1 Å². The number of aryl methyl sites for hydroxylation is 1. The van der Waals surface area contributed by atoms with Crippen LogP contribution in [0.2, 0.25) is 0 Å². The summed E-state index contributed by atoms with van der Waals surface area (Å²) < 4.78 is 14.7. The number of nitrogens with two attached hydrogens (primary N) is 1. The van der Waals surface area contributed by atoms with Crippen LogP contribution in [0.1, 0.15) is 47.5 Å². The zero-order chi connectivity index (χ0) is 29.7. The summed E-state index contributed by atoms with van der Waals surface area (Å²) in [5, 5.41) is 11.5. The number of carbonyl (C=O) groups is 1. The number of likely N-dealkylation sites (tertiary alicyclic amines) is 1. The van der Waals surface area contributed by atoms with Gasteiger partial charge >= 0.3 is 0 Å². The molecule has 4 aromatic rings. The van der Waals surface area contributed by atoms with Crippen molar-refractivity contribution in [2.24, 2.45) is 18.7 Å². The van der Waals surface area contributed by atoms with Crippen LogP contribution in [0.15, 0.2) is 67.3 Å². The topological polar surface area (TPSA) is 150 Å². The summed E-state index contributed by atoms with van der Waals surface area (Å²) >= 11 is 0. The molecule has 2 aliphatic rings. The Morgan fingerprint density at radius 2 is 1.93 bits per heavy atom. The van der Waals surface area contributed by atoms with Crippen LogP contribution in [0.25, 0.3) is 10.9 Å². The van der Waals surface area contributed by atoms with Gasteiger partial charge in [-0.25, -0.2) is 0 Å². The quantitative estimate of drug-likeness (QED) is 0.341. The lowest BCUT2D eigenvalue weighted by Crippen LogP contribution is -2.46. The highest BCUT2D eigenvalue weighted by molar-refractivity contribution is 5.82. The number of amides is 1. The van der Waals surface area contributed by atoms with Crippen LogP contribution in [0.5, 0.6) is 11.5 Å². The molecule has 0 spiro atoms. The molecule has 3 atom stereocenters. The molecule has 1 saturated heterocycles. The number of benzene rings is 1. The first-order valence-corrected chi connectivity index (χ1v) is 13.9. The lowest BCUT2D eigenvalue weighted by molar-refractivity contribution is -0.118. The summed E-state index contributed by atoms with van der Waals surface area (Å²) in [6.45, 7) is 2.28. The summed E-state index contributed by atoms with van der Waals surface area (Å²) in [5.41, 5.74) is 6.28. The average molecular weight is 573 g/mol. The van der Waals surface area contributed by atoms with Crippen LogP contribution in [-0.4, -0.2) is 45.2 Å². The first-order valence-electron chi connectivity index (χ1n) is 13.9. The molecule has 2 bridgehead atoms. The van der Waals surface area contributed by atoms with Gasteiger partial charge in [0.2, 0.25) is 17.1 Å². The number of methoxy groups -OCH3 is 1. The van der Waals surface area contributed by atoms with E-state index in [1.165, 1.54) is 17.7 Å². The Hall–Kier alpha value is -4.64. The third kappa shape index (κ3) is 4.89. The molecule has 0 saturated carbocycles. The molecule has 42 heavy (non-hydrogen) atoms. The molecule has 218 valence electrons. The van der Waals surface area contributed by atoms with Gasteiger partial charge in [-0.15, -0.1) is 0 Å². The Morgan fingerprint density at radius 1 is 1.12 bits per heavy atom. The normalized spacial score (nSPS) is 18.9. The van der Waals surface area contributed by atoms with Gasteiger partial charge in [-0.2, -0.15) is 0 Å². The van der Waals surface area contributed by atoms with Crippen LogP contribution in [0, 0.1) is 5.92 Å². The van der Waals surface area contributed by atoms with E-state index < -0.39 is 28.6 Å². The van der Waals surface area contributed by atoms with Gasteiger partial charge in [0.25, 0.3) is 11.1 Å². The Morgan fingerprint density at radius 3 is 2.69 bits per heavy atom. The number of aromatic nitrogens is 2. The maximum atomic E-state index is 13.5. The molecule has 2 aliphatic heterocycles. The van der Waals surface area contributed by atoms with Crippen molar-refractivity contribution in [2.75, 3.05) is 20.2 Å². The molecule has 0 aliphatic carbocycles. The second-order valence-corrected chi connectivity index (χ2v) is 11.3. The molecule has 0 radical (unpaired) electrons. The third-order valence-electron chi connectivity index (χ3n) is 8.49. The summed E-state index contributed by atoms with van der Waals surface area (Å²) in [5.74, 6) is -1.33. The molecule has 1 fully saturated rings. The van der Waals surface area contributed by atoms with Gasteiger partial charge in [-0.1, -0.05) is 6.07 Å². The van der Waals surface area contributed by atoms with Crippen LogP contribution >= 0.6 is 0 Å². The summed E-state index contributed by atoms with van der Waals surface area (Å²) in [6, 6.07) is 13.5. The molecule has 1 aromatic carbocycles. The number of hydrogen-bond acceptors (Lipinski definition) is 8. The molecule has 3 N–H and O–H groups in total. The Kier molecular flexibility index (Phi) is 6.97. The monoisotopic (exact) mass is 572 g/mol. The Labute approximate surface area is 240 Å². The predicted octanol–water partition coefficient (Wildman–Crippen LogP) is 1.99. The number of fused-ring (bicyclic) bond motifs is 5. The first-order chi connectivity index (χ1) is 20.1.